The zero-order chi connectivity index (χ0) is 16.8. The van der Waals surface area contributed by atoms with E-state index in [1.807, 2.05) is 25.9 Å². The maximum absolute atomic E-state index is 12.8. The molecule has 1 aromatic carbocycles. The molecule has 1 fully saturated rings. The number of carbonyl (C=O) groups is 1. The molecule has 24 heavy (non-hydrogen) atoms. The fourth-order valence-electron chi connectivity index (χ4n) is 3.96. The molecule has 1 saturated heterocycles. The van der Waals surface area contributed by atoms with E-state index in [-0.39, 0.29) is 23.4 Å². The van der Waals surface area contributed by atoms with Gasteiger partial charge in [0, 0.05) is 19.8 Å². The molecule has 0 saturated carbocycles. The Morgan fingerprint density at radius 2 is 1.96 bits per heavy atom. The quantitative estimate of drug-likeness (QED) is 0.865. The second-order valence-corrected chi connectivity index (χ2v) is 8.64. The lowest BCUT2D eigenvalue weighted by Crippen LogP contribution is -2.54. The highest BCUT2D eigenvalue weighted by molar-refractivity contribution is 8.04. The van der Waals surface area contributed by atoms with Crippen molar-refractivity contribution in [3.8, 4) is 0 Å². The van der Waals surface area contributed by atoms with Crippen LogP contribution < -0.4 is 15.5 Å². The summed E-state index contributed by atoms with van der Waals surface area (Å²) in [6.07, 6.45) is 3.35. The molecule has 4 unspecified atom stereocenters. The Morgan fingerprint density at radius 3 is 2.67 bits per heavy atom. The summed E-state index contributed by atoms with van der Waals surface area (Å²) in [6, 6.07) is 8.40. The van der Waals surface area contributed by atoms with Gasteiger partial charge in [-0.1, -0.05) is 19.1 Å². The number of amides is 1. The summed E-state index contributed by atoms with van der Waals surface area (Å²) in [4.78, 5) is 16.3. The van der Waals surface area contributed by atoms with Gasteiger partial charge in [-0.25, -0.2) is 0 Å². The van der Waals surface area contributed by atoms with Gasteiger partial charge < -0.3 is 10.2 Å². The average molecular weight is 343 g/mol. The predicted octanol–water partition coefficient (Wildman–Crippen LogP) is 3.23. The first-order valence-electron chi connectivity index (χ1n) is 8.75. The van der Waals surface area contributed by atoms with Crippen molar-refractivity contribution in [2.75, 3.05) is 19.0 Å². The van der Waals surface area contributed by atoms with E-state index in [0.717, 1.165) is 24.3 Å². The minimum atomic E-state index is -0.0961. The largest absolute Gasteiger partial charge is 0.378 e. The second-order valence-electron chi connectivity index (χ2n) is 7.41. The number of thioether (sulfide) groups is 1. The third-order valence-electron chi connectivity index (χ3n) is 5.39. The Morgan fingerprint density at radius 1 is 1.21 bits per heavy atom. The number of nitrogens with one attached hydrogen (secondary N) is 2. The Balaban J connectivity index is 1.52. The average Bonchev–Trinajstić information content (AvgIpc) is 2.92. The van der Waals surface area contributed by atoms with E-state index in [0.29, 0.717) is 0 Å². The van der Waals surface area contributed by atoms with Crippen LogP contribution in [-0.2, 0) is 4.79 Å². The summed E-state index contributed by atoms with van der Waals surface area (Å²) in [6.45, 7) is 2.31. The van der Waals surface area contributed by atoms with Crippen LogP contribution in [0.4, 0.5) is 5.69 Å². The number of carbonyl (C=O) groups excluding carboxylic acids is 1. The van der Waals surface area contributed by atoms with Crippen molar-refractivity contribution in [3.05, 3.63) is 40.3 Å². The van der Waals surface area contributed by atoms with Crippen molar-refractivity contribution in [2.45, 2.75) is 37.7 Å². The van der Waals surface area contributed by atoms with Gasteiger partial charge >= 0.3 is 0 Å². The molecule has 0 radical (unpaired) electrons. The molecule has 4 atom stereocenters. The van der Waals surface area contributed by atoms with E-state index in [4.69, 9.17) is 0 Å². The highest BCUT2D eigenvalue weighted by atomic mass is 32.2. The van der Waals surface area contributed by atoms with Crippen molar-refractivity contribution in [1.29, 1.82) is 0 Å². The fourth-order valence-corrected chi connectivity index (χ4v) is 5.65. The lowest BCUT2D eigenvalue weighted by atomic mass is 9.83. The van der Waals surface area contributed by atoms with Crippen LogP contribution in [0.3, 0.4) is 0 Å². The molecule has 1 aromatic rings. The van der Waals surface area contributed by atoms with Gasteiger partial charge in [0.1, 0.15) is 6.17 Å². The van der Waals surface area contributed by atoms with Gasteiger partial charge in [0.05, 0.1) is 11.3 Å². The first-order valence-corrected chi connectivity index (χ1v) is 9.63. The van der Waals surface area contributed by atoms with Gasteiger partial charge in [-0.2, -0.15) is 0 Å². The van der Waals surface area contributed by atoms with Gasteiger partial charge in [0.15, 0.2) is 0 Å². The maximum atomic E-state index is 12.8. The van der Waals surface area contributed by atoms with E-state index < -0.39 is 0 Å². The smallest absolute Gasteiger partial charge is 0.231 e. The van der Waals surface area contributed by atoms with Gasteiger partial charge in [0.2, 0.25) is 5.91 Å². The molecule has 128 valence electrons. The lowest BCUT2D eigenvalue weighted by Gasteiger charge is -2.35. The van der Waals surface area contributed by atoms with Crippen LogP contribution in [0.1, 0.15) is 37.9 Å². The van der Waals surface area contributed by atoms with Crippen LogP contribution in [0.5, 0.6) is 0 Å². The molecule has 1 amide bonds. The molecule has 5 heteroatoms. The third kappa shape index (κ3) is 2.74. The molecule has 0 aromatic heterocycles. The van der Waals surface area contributed by atoms with E-state index in [1.165, 1.54) is 22.6 Å². The highest BCUT2D eigenvalue weighted by Gasteiger charge is 2.45. The first kappa shape index (κ1) is 16.0. The van der Waals surface area contributed by atoms with Gasteiger partial charge in [-0.15, -0.1) is 11.8 Å². The van der Waals surface area contributed by atoms with Crippen LogP contribution in [0.25, 0.3) is 0 Å². The monoisotopic (exact) mass is 343 g/mol. The summed E-state index contributed by atoms with van der Waals surface area (Å²) in [5.74, 6) is 0.955. The topological polar surface area (TPSA) is 44.4 Å². The molecule has 4 nitrogen and oxygen atoms in total. The van der Waals surface area contributed by atoms with E-state index in [9.17, 15) is 4.79 Å². The SMILES string of the molecule is CC1CCC2=C(C1)SC1NC(c3ccc(N(C)C)cc3)NC(=O)C21. The molecule has 3 aliphatic rings. The number of hydrogen-bond donors (Lipinski definition) is 2. The minimum Gasteiger partial charge on any atom is -0.378 e. The highest BCUT2D eigenvalue weighted by Crippen LogP contribution is 2.50. The Labute approximate surface area is 148 Å². The van der Waals surface area contributed by atoms with E-state index in [2.05, 4.69) is 46.7 Å². The molecule has 2 N–H and O–H groups in total. The van der Waals surface area contributed by atoms with Crippen LogP contribution in [-0.4, -0.2) is 25.4 Å². The van der Waals surface area contributed by atoms with Gasteiger partial charge in [-0.05, 0) is 53.4 Å². The predicted molar refractivity (Wildman–Crippen MR) is 99.7 cm³/mol. The van der Waals surface area contributed by atoms with Gasteiger partial charge in [-0.3, -0.25) is 10.1 Å². The Bertz CT molecular complexity index is 682. The zero-order valence-electron chi connectivity index (χ0n) is 14.5. The normalized spacial score (nSPS) is 32.2. The number of rotatable bonds is 2. The molecule has 2 heterocycles. The lowest BCUT2D eigenvalue weighted by molar-refractivity contribution is -0.127. The summed E-state index contributed by atoms with van der Waals surface area (Å²) >= 11 is 1.89. The van der Waals surface area contributed by atoms with Crippen LogP contribution in [0.15, 0.2) is 34.7 Å². The minimum absolute atomic E-state index is 0.0230. The number of fused-ring (bicyclic) bond motifs is 2. The zero-order valence-corrected chi connectivity index (χ0v) is 15.3. The first-order chi connectivity index (χ1) is 11.5. The number of anilines is 1. The standard InChI is InChI=1S/C19H25N3OS/c1-11-4-9-14-15(10-11)24-19-16(14)18(23)20-17(21-19)12-5-7-13(8-6-12)22(2)3/h5-8,11,16-17,19,21H,4,9-10H2,1-3H3,(H,20,23). The van der Waals surface area contributed by atoms with Gasteiger partial charge in [0.25, 0.3) is 0 Å². The summed E-state index contributed by atoms with van der Waals surface area (Å²) in [5, 5.41) is 7.03. The molecule has 0 bridgehead atoms. The van der Waals surface area contributed by atoms with E-state index >= 15 is 0 Å². The third-order valence-corrected chi connectivity index (χ3v) is 6.76. The summed E-state index contributed by atoms with van der Waals surface area (Å²) in [5.41, 5.74) is 3.68. The van der Waals surface area contributed by atoms with Crippen molar-refractivity contribution >= 4 is 23.4 Å². The van der Waals surface area contributed by atoms with Crippen LogP contribution in [0.2, 0.25) is 0 Å². The van der Waals surface area contributed by atoms with E-state index in [1.54, 1.807) is 0 Å². The molecule has 2 aliphatic heterocycles. The fraction of sp³-hybridized carbons (Fsp3) is 0.526. The number of allylic oxidation sites excluding steroid dienone is 1. The molecule has 1 aliphatic carbocycles. The van der Waals surface area contributed by atoms with Crippen molar-refractivity contribution < 1.29 is 4.79 Å². The van der Waals surface area contributed by atoms with Crippen LogP contribution in [0, 0.1) is 11.8 Å². The number of benzene rings is 1. The number of nitrogens with zero attached hydrogens (tertiary/aromatic N) is 1. The molecule has 4 rings (SSSR count). The Hall–Kier alpha value is -1.46. The van der Waals surface area contributed by atoms with Crippen LogP contribution >= 0.6 is 11.8 Å². The molecular weight excluding hydrogens is 318 g/mol. The molecular formula is C19H25N3OS. The number of hydrogen-bond acceptors (Lipinski definition) is 4. The van der Waals surface area contributed by atoms with Crippen molar-refractivity contribution in [2.24, 2.45) is 11.8 Å². The van der Waals surface area contributed by atoms with Crippen molar-refractivity contribution in [3.63, 3.8) is 0 Å². The Kier molecular flexibility index (Phi) is 4.09. The maximum Gasteiger partial charge on any atom is 0.231 e. The summed E-state index contributed by atoms with van der Waals surface area (Å²) in [7, 11) is 4.07. The molecule has 0 spiro atoms. The second kappa shape index (κ2) is 6.12. The summed E-state index contributed by atoms with van der Waals surface area (Å²) < 4.78 is 0. The van der Waals surface area contributed by atoms with Crippen molar-refractivity contribution in [1.82, 2.24) is 10.6 Å².